The van der Waals surface area contributed by atoms with Crippen LogP contribution >= 0.6 is 0 Å². The zero-order valence-electron chi connectivity index (χ0n) is 7.23. The van der Waals surface area contributed by atoms with Crippen LogP contribution in [-0.4, -0.2) is 15.3 Å². The molecule has 2 aromatic carbocycles. The van der Waals surface area contributed by atoms with E-state index in [0.717, 1.165) is 0 Å². The first-order valence-corrected chi connectivity index (χ1v) is 4.04. The zero-order chi connectivity index (χ0) is 10.3. The van der Waals surface area contributed by atoms with E-state index in [1.165, 1.54) is 0 Å². The zero-order valence-corrected chi connectivity index (χ0v) is 7.23. The first kappa shape index (κ1) is 8.50. The SMILES string of the molecule is Nc1c(O)c(O)c2ccccc2c1O. The number of nitrogens with two attached hydrogens (primary N) is 1. The standard InChI is InChI=1S/C10H9NO3/c11-7-8(12)5-3-1-2-4-6(5)9(13)10(7)14/h1-4,12-14H,11H2. The van der Waals surface area contributed by atoms with Crippen molar-refractivity contribution < 1.29 is 15.3 Å². The third kappa shape index (κ3) is 0.939. The average Bonchev–Trinajstić information content (AvgIpc) is 2.23. The van der Waals surface area contributed by atoms with Gasteiger partial charge in [-0.15, -0.1) is 0 Å². The summed E-state index contributed by atoms with van der Waals surface area (Å²) in [6.45, 7) is 0. The summed E-state index contributed by atoms with van der Waals surface area (Å²) < 4.78 is 0. The van der Waals surface area contributed by atoms with Crippen LogP contribution in [0.2, 0.25) is 0 Å². The predicted molar refractivity (Wildman–Crippen MR) is 53.4 cm³/mol. The highest BCUT2D eigenvalue weighted by Gasteiger charge is 2.14. The Balaban J connectivity index is 3.02. The number of anilines is 1. The topological polar surface area (TPSA) is 86.7 Å². The van der Waals surface area contributed by atoms with Gasteiger partial charge in [-0.1, -0.05) is 24.3 Å². The van der Waals surface area contributed by atoms with Crippen molar-refractivity contribution in [3.05, 3.63) is 24.3 Å². The molecule has 4 nitrogen and oxygen atoms in total. The fourth-order valence-electron chi connectivity index (χ4n) is 1.41. The second kappa shape index (κ2) is 2.70. The number of benzene rings is 2. The number of phenolic OH excluding ortho intramolecular Hbond substituents is 3. The Hall–Kier alpha value is -2.10. The van der Waals surface area contributed by atoms with Crippen LogP contribution in [0, 0.1) is 0 Å². The maximum atomic E-state index is 9.57. The van der Waals surface area contributed by atoms with E-state index in [0.29, 0.717) is 10.8 Å². The molecular formula is C10H9NO3. The van der Waals surface area contributed by atoms with Gasteiger partial charge in [0.1, 0.15) is 11.4 Å². The number of fused-ring (bicyclic) bond motifs is 1. The molecule has 0 unspecified atom stereocenters. The Morgan fingerprint density at radius 3 is 1.86 bits per heavy atom. The molecule has 5 N–H and O–H groups in total. The largest absolute Gasteiger partial charge is 0.505 e. The van der Waals surface area contributed by atoms with Gasteiger partial charge in [0.05, 0.1) is 0 Å². The van der Waals surface area contributed by atoms with Gasteiger partial charge in [0.25, 0.3) is 0 Å². The quantitative estimate of drug-likeness (QED) is 0.289. The van der Waals surface area contributed by atoms with Crippen LogP contribution < -0.4 is 5.73 Å². The van der Waals surface area contributed by atoms with Crippen molar-refractivity contribution >= 4 is 16.5 Å². The second-order valence-electron chi connectivity index (χ2n) is 3.01. The summed E-state index contributed by atoms with van der Waals surface area (Å²) in [7, 11) is 0. The van der Waals surface area contributed by atoms with Crippen LogP contribution in [0.4, 0.5) is 5.69 Å². The molecule has 0 bridgehead atoms. The highest BCUT2D eigenvalue weighted by molar-refractivity contribution is 6.00. The van der Waals surface area contributed by atoms with Gasteiger partial charge in [0.2, 0.25) is 0 Å². The van der Waals surface area contributed by atoms with Gasteiger partial charge in [-0.3, -0.25) is 0 Å². The maximum Gasteiger partial charge on any atom is 0.185 e. The van der Waals surface area contributed by atoms with E-state index in [1.54, 1.807) is 24.3 Å². The lowest BCUT2D eigenvalue weighted by Crippen LogP contribution is -1.88. The van der Waals surface area contributed by atoms with E-state index in [1.807, 2.05) is 0 Å². The molecular weight excluding hydrogens is 182 g/mol. The molecule has 0 heterocycles. The number of hydrogen-bond acceptors (Lipinski definition) is 4. The smallest absolute Gasteiger partial charge is 0.185 e. The fourth-order valence-corrected chi connectivity index (χ4v) is 1.41. The normalized spacial score (nSPS) is 10.6. The van der Waals surface area contributed by atoms with Crippen molar-refractivity contribution in [2.45, 2.75) is 0 Å². The average molecular weight is 191 g/mol. The lowest BCUT2D eigenvalue weighted by molar-refractivity contribution is 0.405. The first-order chi connectivity index (χ1) is 6.63. The number of aromatic hydroxyl groups is 3. The van der Waals surface area contributed by atoms with Gasteiger partial charge in [-0.05, 0) is 0 Å². The molecule has 0 aliphatic carbocycles. The molecule has 14 heavy (non-hydrogen) atoms. The maximum absolute atomic E-state index is 9.57. The Labute approximate surface area is 79.8 Å². The fraction of sp³-hybridized carbons (Fsp3) is 0. The number of hydrogen-bond donors (Lipinski definition) is 4. The highest BCUT2D eigenvalue weighted by atomic mass is 16.3. The molecule has 0 aliphatic heterocycles. The molecule has 2 rings (SSSR count). The Morgan fingerprint density at radius 2 is 1.29 bits per heavy atom. The molecule has 72 valence electrons. The minimum absolute atomic E-state index is 0.207. The van der Waals surface area contributed by atoms with Crippen LogP contribution in [0.15, 0.2) is 24.3 Å². The van der Waals surface area contributed by atoms with Crippen molar-refractivity contribution in [3.8, 4) is 17.2 Å². The van der Waals surface area contributed by atoms with Gasteiger partial charge in [0, 0.05) is 10.8 Å². The lowest BCUT2D eigenvalue weighted by Gasteiger charge is -2.08. The second-order valence-corrected chi connectivity index (χ2v) is 3.01. The van der Waals surface area contributed by atoms with Gasteiger partial charge in [-0.2, -0.15) is 0 Å². The van der Waals surface area contributed by atoms with Crippen LogP contribution in [-0.2, 0) is 0 Å². The summed E-state index contributed by atoms with van der Waals surface area (Å²) in [5.74, 6) is -1.01. The Morgan fingerprint density at radius 1 is 0.786 bits per heavy atom. The predicted octanol–water partition coefficient (Wildman–Crippen LogP) is 1.54. The van der Waals surface area contributed by atoms with Gasteiger partial charge in [-0.25, -0.2) is 0 Å². The molecule has 0 fully saturated rings. The highest BCUT2D eigenvalue weighted by Crippen LogP contribution is 2.45. The summed E-state index contributed by atoms with van der Waals surface area (Å²) in [5, 5.41) is 29.2. The van der Waals surface area contributed by atoms with Crippen molar-refractivity contribution in [2.75, 3.05) is 5.73 Å². The number of rotatable bonds is 0. The van der Waals surface area contributed by atoms with E-state index in [9.17, 15) is 15.3 Å². The third-order valence-electron chi connectivity index (χ3n) is 2.17. The van der Waals surface area contributed by atoms with E-state index >= 15 is 0 Å². The molecule has 0 saturated heterocycles. The lowest BCUT2D eigenvalue weighted by atomic mass is 10.1. The minimum atomic E-state index is -0.485. The molecule has 0 atom stereocenters. The molecule has 0 radical (unpaired) electrons. The van der Waals surface area contributed by atoms with E-state index in [-0.39, 0.29) is 17.2 Å². The summed E-state index contributed by atoms with van der Waals surface area (Å²) in [6.07, 6.45) is 0. The number of nitrogen functional groups attached to an aromatic ring is 1. The van der Waals surface area contributed by atoms with Crippen molar-refractivity contribution in [3.63, 3.8) is 0 Å². The summed E-state index contributed by atoms with van der Waals surface area (Å²) in [4.78, 5) is 0. The molecule has 0 aromatic heterocycles. The molecule has 0 aliphatic rings. The molecule has 2 aromatic rings. The molecule has 0 spiro atoms. The van der Waals surface area contributed by atoms with E-state index in [4.69, 9.17) is 5.73 Å². The first-order valence-electron chi connectivity index (χ1n) is 4.04. The van der Waals surface area contributed by atoms with Crippen LogP contribution in [0.5, 0.6) is 17.2 Å². The van der Waals surface area contributed by atoms with Crippen molar-refractivity contribution in [2.24, 2.45) is 0 Å². The summed E-state index contributed by atoms with van der Waals surface area (Å²) in [6, 6.07) is 6.60. The number of phenols is 3. The van der Waals surface area contributed by atoms with Gasteiger partial charge in [0.15, 0.2) is 11.5 Å². The van der Waals surface area contributed by atoms with E-state index in [2.05, 4.69) is 0 Å². The van der Waals surface area contributed by atoms with Crippen molar-refractivity contribution in [1.29, 1.82) is 0 Å². The minimum Gasteiger partial charge on any atom is -0.505 e. The summed E-state index contributed by atoms with van der Waals surface area (Å²) >= 11 is 0. The monoisotopic (exact) mass is 191 g/mol. The van der Waals surface area contributed by atoms with Crippen LogP contribution in [0.1, 0.15) is 0 Å². The van der Waals surface area contributed by atoms with Gasteiger partial charge < -0.3 is 21.1 Å². The third-order valence-corrected chi connectivity index (χ3v) is 2.17. The Bertz CT molecular complexity index is 462. The molecule has 0 saturated carbocycles. The van der Waals surface area contributed by atoms with Crippen molar-refractivity contribution in [1.82, 2.24) is 0 Å². The van der Waals surface area contributed by atoms with Crippen LogP contribution in [0.25, 0.3) is 10.8 Å². The molecule has 4 heteroatoms. The molecule has 0 amide bonds. The van der Waals surface area contributed by atoms with Gasteiger partial charge >= 0.3 is 0 Å². The van der Waals surface area contributed by atoms with E-state index < -0.39 is 5.75 Å². The summed E-state index contributed by atoms with van der Waals surface area (Å²) in [5.41, 5.74) is 5.18. The van der Waals surface area contributed by atoms with Crippen LogP contribution in [0.3, 0.4) is 0 Å². The Kier molecular flexibility index (Phi) is 1.64.